The normalized spacial score (nSPS) is 21.4. The number of rotatable bonds is 5. The van der Waals surface area contributed by atoms with E-state index < -0.39 is 12.9 Å². The topological polar surface area (TPSA) is 65.7 Å². The van der Waals surface area contributed by atoms with Crippen molar-refractivity contribution in [1.29, 1.82) is 0 Å². The fourth-order valence-corrected chi connectivity index (χ4v) is 4.60. The molecule has 162 valence electrons. The number of nitrogens with zero attached hydrogens (tertiary/aromatic N) is 4. The van der Waals surface area contributed by atoms with Gasteiger partial charge >= 0.3 is 0 Å². The summed E-state index contributed by atoms with van der Waals surface area (Å²) in [5.74, 6) is 0.680. The molecular weight excluding hydrogens is 393 g/mol. The van der Waals surface area contributed by atoms with E-state index in [0.717, 1.165) is 67.0 Å². The molecule has 1 aliphatic carbocycles. The summed E-state index contributed by atoms with van der Waals surface area (Å²) >= 11 is 0. The molecule has 1 aromatic carbocycles. The number of hydrogen-bond donors (Lipinski definition) is 2. The summed E-state index contributed by atoms with van der Waals surface area (Å²) in [7, 11) is 0. The molecule has 0 amide bonds. The van der Waals surface area contributed by atoms with Crippen LogP contribution in [0.1, 0.15) is 25.1 Å². The van der Waals surface area contributed by atoms with Gasteiger partial charge in [-0.25, -0.2) is 9.98 Å². The lowest BCUT2D eigenvalue weighted by molar-refractivity contribution is 0.244. The number of aryl methyl sites for hydroxylation is 1. The van der Waals surface area contributed by atoms with E-state index in [4.69, 9.17) is 4.98 Å². The van der Waals surface area contributed by atoms with Crippen LogP contribution < -0.4 is 10.2 Å². The Labute approximate surface area is 181 Å². The van der Waals surface area contributed by atoms with Crippen LogP contribution in [0.15, 0.2) is 53.1 Å². The maximum atomic E-state index is 13.1. The van der Waals surface area contributed by atoms with Crippen molar-refractivity contribution in [1.82, 2.24) is 14.9 Å². The first-order chi connectivity index (χ1) is 15.3. The Hall–Kier alpha value is -2.77. The van der Waals surface area contributed by atoms with Crippen LogP contribution in [-0.2, 0) is 6.54 Å². The number of anilines is 1. The van der Waals surface area contributed by atoms with E-state index in [-0.39, 0.29) is 0 Å². The highest BCUT2D eigenvalue weighted by molar-refractivity contribution is 6.18. The fourth-order valence-electron chi connectivity index (χ4n) is 4.60. The van der Waals surface area contributed by atoms with Gasteiger partial charge in [0.1, 0.15) is 5.82 Å². The van der Waals surface area contributed by atoms with Crippen molar-refractivity contribution in [2.45, 2.75) is 32.0 Å². The molecule has 1 fully saturated rings. The largest absolute Gasteiger partial charge is 0.370 e. The molecule has 0 saturated carbocycles. The number of aliphatic imine (C=N–C) groups is 1. The van der Waals surface area contributed by atoms with Gasteiger partial charge in [0.25, 0.3) is 0 Å². The monoisotopic (exact) mass is 421 g/mol. The number of aromatic nitrogens is 2. The van der Waals surface area contributed by atoms with Crippen LogP contribution in [0.3, 0.4) is 0 Å². The molecule has 6 nitrogen and oxygen atoms in total. The van der Waals surface area contributed by atoms with Crippen molar-refractivity contribution >= 4 is 28.0 Å². The molecular formula is C24H28FN5O. The number of aliphatic hydroxyl groups is 1. The van der Waals surface area contributed by atoms with Crippen molar-refractivity contribution in [3.05, 3.63) is 53.9 Å². The van der Waals surface area contributed by atoms with Gasteiger partial charge < -0.3 is 19.9 Å². The molecule has 5 rings (SSSR count). The summed E-state index contributed by atoms with van der Waals surface area (Å²) in [4.78, 5) is 11.8. The zero-order chi connectivity index (χ0) is 21.2. The number of allylic oxidation sites excluding steroid dienone is 5. The minimum absolute atomic E-state index is 0.392. The Kier molecular flexibility index (Phi) is 5.70. The lowest BCUT2D eigenvalue weighted by atomic mass is 10.0. The average molecular weight is 422 g/mol. The number of hydrogen-bond acceptors (Lipinski definition) is 5. The van der Waals surface area contributed by atoms with Crippen LogP contribution >= 0.6 is 0 Å². The van der Waals surface area contributed by atoms with E-state index in [0.29, 0.717) is 24.4 Å². The molecule has 2 aliphatic heterocycles. The highest BCUT2D eigenvalue weighted by Gasteiger charge is 2.30. The smallest absolute Gasteiger partial charge is 0.176 e. The van der Waals surface area contributed by atoms with E-state index in [1.165, 1.54) is 0 Å². The van der Waals surface area contributed by atoms with Gasteiger partial charge in [-0.15, -0.1) is 0 Å². The summed E-state index contributed by atoms with van der Waals surface area (Å²) in [5.41, 5.74) is 5.35. The second-order valence-corrected chi connectivity index (χ2v) is 8.15. The summed E-state index contributed by atoms with van der Waals surface area (Å²) in [5, 5.41) is 14.2. The summed E-state index contributed by atoms with van der Waals surface area (Å²) in [6.07, 6.45) is 9.44. The highest BCUT2D eigenvalue weighted by Crippen LogP contribution is 2.34. The average Bonchev–Trinajstić information content (AvgIpc) is 3.03. The van der Waals surface area contributed by atoms with E-state index in [1.54, 1.807) is 0 Å². The molecule has 2 N–H and O–H groups in total. The van der Waals surface area contributed by atoms with Gasteiger partial charge in [0, 0.05) is 37.4 Å². The molecule has 3 aliphatic rings. The predicted molar refractivity (Wildman–Crippen MR) is 123 cm³/mol. The zero-order valence-electron chi connectivity index (χ0n) is 17.6. The summed E-state index contributed by atoms with van der Waals surface area (Å²) in [6.45, 7) is 4.10. The molecule has 1 atom stereocenters. The lowest BCUT2D eigenvalue weighted by Gasteiger charge is -2.22. The van der Waals surface area contributed by atoms with E-state index in [1.807, 2.05) is 22.8 Å². The number of nitrogens with one attached hydrogen (secondary N) is 1. The van der Waals surface area contributed by atoms with Crippen LogP contribution in [0.5, 0.6) is 0 Å². The van der Waals surface area contributed by atoms with Gasteiger partial charge in [0.15, 0.2) is 6.23 Å². The van der Waals surface area contributed by atoms with Crippen LogP contribution in [0.25, 0.3) is 16.6 Å². The minimum Gasteiger partial charge on any atom is -0.370 e. The van der Waals surface area contributed by atoms with Crippen LogP contribution in [0.4, 0.5) is 10.1 Å². The molecule has 0 radical (unpaired) electrons. The second-order valence-electron chi connectivity index (χ2n) is 8.15. The maximum Gasteiger partial charge on any atom is 0.176 e. The number of fused-ring (bicyclic) bond motifs is 2. The second kappa shape index (κ2) is 8.77. The van der Waals surface area contributed by atoms with Crippen molar-refractivity contribution in [3.8, 4) is 0 Å². The number of aliphatic hydroxyl groups excluding tert-OH is 1. The van der Waals surface area contributed by atoms with Gasteiger partial charge in [0.05, 0.1) is 29.0 Å². The molecule has 31 heavy (non-hydrogen) atoms. The summed E-state index contributed by atoms with van der Waals surface area (Å²) in [6, 6.07) is 6.33. The molecule has 0 bridgehead atoms. The Morgan fingerprint density at radius 1 is 1.16 bits per heavy atom. The zero-order valence-corrected chi connectivity index (χ0v) is 17.6. The number of imidazole rings is 1. The van der Waals surface area contributed by atoms with Crippen molar-refractivity contribution in [2.24, 2.45) is 4.99 Å². The third kappa shape index (κ3) is 3.83. The van der Waals surface area contributed by atoms with E-state index in [9.17, 15) is 9.50 Å². The highest BCUT2D eigenvalue weighted by atomic mass is 19.1. The third-order valence-corrected chi connectivity index (χ3v) is 6.11. The quantitative estimate of drug-likeness (QED) is 0.778. The Bertz CT molecular complexity index is 1090. The first kappa shape index (κ1) is 20.2. The third-order valence-electron chi connectivity index (χ3n) is 6.11. The van der Waals surface area contributed by atoms with Gasteiger partial charge in [-0.3, -0.25) is 4.39 Å². The lowest BCUT2D eigenvalue weighted by Crippen LogP contribution is -2.27. The SMILES string of the molecule is OC1N=C2C=CCC=CC2=C1c1nc2cc(N3CCCNCC3)ccc2n1CCCF. The van der Waals surface area contributed by atoms with Gasteiger partial charge in [-0.2, -0.15) is 0 Å². The minimum atomic E-state index is -0.963. The van der Waals surface area contributed by atoms with Gasteiger partial charge in [-0.1, -0.05) is 18.2 Å². The Morgan fingerprint density at radius 3 is 2.97 bits per heavy atom. The van der Waals surface area contributed by atoms with Crippen LogP contribution in [-0.4, -0.2) is 59.5 Å². The van der Waals surface area contributed by atoms with E-state index in [2.05, 4.69) is 39.5 Å². The van der Waals surface area contributed by atoms with Crippen molar-refractivity contribution in [3.63, 3.8) is 0 Å². The molecule has 7 heteroatoms. The predicted octanol–water partition coefficient (Wildman–Crippen LogP) is 3.24. The Balaban J connectivity index is 1.61. The van der Waals surface area contributed by atoms with Gasteiger partial charge in [-0.05, 0) is 50.1 Å². The number of benzene rings is 1. The molecule has 2 aromatic rings. The molecule has 1 saturated heterocycles. The van der Waals surface area contributed by atoms with Gasteiger partial charge in [0.2, 0.25) is 0 Å². The Morgan fingerprint density at radius 2 is 2.06 bits per heavy atom. The molecule has 1 aromatic heterocycles. The molecule has 3 heterocycles. The van der Waals surface area contributed by atoms with Crippen molar-refractivity contribution in [2.75, 3.05) is 37.8 Å². The summed E-state index contributed by atoms with van der Waals surface area (Å²) < 4.78 is 15.1. The first-order valence-corrected chi connectivity index (χ1v) is 11.1. The molecule has 1 unspecified atom stereocenters. The first-order valence-electron chi connectivity index (χ1n) is 11.1. The number of halogens is 1. The maximum absolute atomic E-state index is 13.1. The van der Waals surface area contributed by atoms with E-state index >= 15 is 0 Å². The van der Waals surface area contributed by atoms with Crippen LogP contribution in [0, 0.1) is 0 Å². The fraction of sp³-hybridized carbons (Fsp3) is 0.417. The van der Waals surface area contributed by atoms with Crippen molar-refractivity contribution < 1.29 is 9.50 Å². The standard InChI is InChI=1S/C24H28FN5O/c25-10-4-14-30-21-9-8-17(29-13-5-11-26-12-15-29)16-20(21)27-23(30)22-18-6-2-1-3-7-19(18)28-24(22)31/h2-3,6-9,16,24,26,31H,1,4-5,10-15H2. The van der Waals surface area contributed by atoms with Crippen LogP contribution in [0.2, 0.25) is 0 Å². The molecule has 0 spiro atoms. The number of alkyl halides is 1.